The molecule has 0 aromatic carbocycles. The Morgan fingerprint density at radius 1 is 1.35 bits per heavy atom. The number of ether oxygens (including phenoxy) is 1. The Bertz CT molecular complexity index is 1160. The number of likely N-dealkylation sites (N-methyl/N-ethyl adjacent to an activating group) is 1. The van der Waals surface area contributed by atoms with Crippen LogP contribution in [0.3, 0.4) is 0 Å². The fourth-order valence-corrected chi connectivity index (χ4v) is 3.90. The summed E-state index contributed by atoms with van der Waals surface area (Å²) in [5.74, 6) is 6.32. The molecule has 0 bridgehead atoms. The summed E-state index contributed by atoms with van der Waals surface area (Å²) in [6.45, 7) is 8.16. The molecule has 0 fully saturated rings. The molecule has 0 radical (unpaired) electrons. The molecule has 2 aromatic heterocycles. The van der Waals surface area contributed by atoms with Crippen molar-refractivity contribution in [2.75, 3.05) is 52.7 Å². The second kappa shape index (κ2) is 12.1. The molecule has 3 atom stereocenters. The van der Waals surface area contributed by atoms with Crippen LogP contribution in [0.25, 0.3) is 0 Å². The molecule has 3 rings (SSSR count). The molecule has 0 saturated heterocycles. The molecular weight excluding hydrogens is 476 g/mol. The second-order valence-electron chi connectivity index (χ2n) is 9.75. The quantitative estimate of drug-likeness (QED) is 0.563. The minimum absolute atomic E-state index is 0.165. The monoisotopic (exact) mass is 512 g/mol. The largest absolute Gasteiger partial charge is 0.472 e. The predicted octanol–water partition coefficient (Wildman–Crippen LogP) is 1.98. The smallest absolute Gasteiger partial charge is 0.321 e. The van der Waals surface area contributed by atoms with Crippen LogP contribution in [-0.2, 0) is 0 Å². The number of hydrogen-bond donors (Lipinski definition) is 2. The van der Waals surface area contributed by atoms with Crippen molar-refractivity contribution in [1.29, 1.82) is 0 Å². The molecule has 0 unspecified atom stereocenters. The number of aromatic nitrogens is 2. The summed E-state index contributed by atoms with van der Waals surface area (Å²) in [5.41, 5.74) is 1.99. The van der Waals surface area contributed by atoms with Crippen molar-refractivity contribution in [3.05, 3.63) is 34.8 Å². The van der Waals surface area contributed by atoms with Gasteiger partial charge in [-0.25, -0.2) is 9.78 Å². The van der Waals surface area contributed by atoms with Gasteiger partial charge in [-0.3, -0.25) is 9.69 Å². The van der Waals surface area contributed by atoms with Crippen molar-refractivity contribution >= 4 is 17.6 Å². The zero-order chi connectivity index (χ0) is 27.3. The van der Waals surface area contributed by atoms with E-state index in [4.69, 9.17) is 9.26 Å². The van der Waals surface area contributed by atoms with Gasteiger partial charge in [0.25, 0.3) is 5.91 Å². The minimum Gasteiger partial charge on any atom is -0.472 e. The number of anilines is 1. The van der Waals surface area contributed by atoms with Crippen molar-refractivity contribution in [2.45, 2.75) is 39.8 Å². The van der Waals surface area contributed by atoms with Crippen LogP contribution < -0.4 is 10.1 Å². The Balaban J connectivity index is 1.88. The third-order valence-corrected chi connectivity index (χ3v) is 6.21. The number of rotatable bonds is 6. The first-order valence-electron chi connectivity index (χ1n) is 12.2. The van der Waals surface area contributed by atoms with Crippen molar-refractivity contribution < 1.29 is 24.0 Å². The molecule has 2 aromatic rings. The van der Waals surface area contributed by atoms with Crippen molar-refractivity contribution in [2.24, 2.45) is 5.92 Å². The molecule has 11 nitrogen and oxygen atoms in total. The van der Waals surface area contributed by atoms with E-state index in [9.17, 15) is 14.7 Å². The maximum atomic E-state index is 13.5. The first kappa shape index (κ1) is 28.0. The molecule has 11 heteroatoms. The first-order valence-corrected chi connectivity index (χ1v) is 12.2. The summed E-state index contributed by atoms with van der Waals surface area (Å²) in [5, 5.41) is 16.5. The van der Waals surface area contributed by atoms with Crippen LogP contribution in [0.5, 0.6) is 5.88 Å². The number of pyridine rings is 1. The van der Waals surface area contributed by atoms with Gasteiger partial charge in [0, 0.05) is 31.3 Å². The summed E-state index contributed by atoms with van der Waals surface area (Å²) in [7, 11) is 5.51. The van der Waals surface area contributed by atoms with Gasteiger partial charge >= 0.3 is 6.03 Å². The Hall–Kier alpha value is -3.62. The fourth-order valence-electron chi connectivity index (χ4n) is 3.90. The third kappa shape index (κ3) is 6.78. The number of hydrogen-bond acceptors (Lipinski definition) is 8. The Morgan fingerprint density at radius 2 is 2.08 bits per heavy atom. The average molecular weight is 513 g/mol. The van der Waals surface area contributed by atoms with Gasteiger partial charge in [-0.2, -0.15) is 0 Å². The highest BCUT2D eigenvalue weighted by atomic mass is 16.5. The highest BCUT2D eigenvalue weighted by Gasteiger charge is 2.34. The lowest BCUT2D eigenvalue weighted by molar-refractivity contribution is 0.0356. The summed E-state index contributed by atoms with van der Waals surface area (Å²) >= 11 is 0. The molecule has 1 aliphatic heterocycles. The van der Waals surface area contributed by atoms with Crippen LogP contribution in [0.2, 0.25) is 0 Å². The van der Waals surface area contributed by atoms with E-state index in [0.29, 0.717) is 35.8 Å². The number of aliphatic hydroxyl groups is 1. The van der Waals surface area contributed by atoms with E-state index in [1.807, 2.05) is 25.9 Å². The Kier molecular flexibility index (Phi) is 9.13. The minimum atomic E-state index is -0.473. The number of nitrogens with one attached hydrogen (secondary N) is 1. The molecule has 200 valence electrons. The molecular formula is C26H36N6O5. The van der Waals surface area contributed by atoms with Crippen LogP contribution >= 0.6 is 0 Å². The summed E-state index contributed by atoms with van der Waals surface area (Å²) < 4.78 is 11.4. The van der Waals surface area contributed by atoms with Crippen LogP contribution in [0, 0.1) is 31.6 Å². The number of fused-ring (bicyclic) bond motifs is 1. The van der Waals surface area contributed by atoms with E-state index in [1.165, 1.54) is 4.90 Å². The highest BCUT2D eigenvalue weighted by molar-refractivity contribution is 5.97. The second-order valence-corrected chi connectivity index (χ2v) is 9.75. The Morgan fingerprint density at radius 3 is 2.70 bits per heavy atom. The molecule has 0 spiro atoms. The summed E-state index contributed by atoms with van der Waals surface area (Å²) in [4.78, 5) is 35.9. The van der Waals surface area contributed by atoms with Gasteiger partial charge < -0.3 is 29.5 Å². The molecule has 0 aliphatic carbocycles. The van der Waals surface area contributed by atoms with Gasteiger partial charge in [0.1, 0.15) is 23.0 Å². The van der Waals surface area contributed by atoms with Gasteiger partial charge in [0.2, 0.25) is 5.88 Å². The number of carbonyl (C=O) groups excluding carboxylic acids is 2. The summed E-state index contributed by atoms with van der Waals surface area (Å²) in [6.07, 6.45) is 1.10. The van der Waals surface area contributed by atoms with Crippen molar-refractivity contribution in [3.8, 4) is 17.7 Å². The lowest BCUT2D eigenvalue weighted by Crippen LogP contribution is -2.50. The van der Waals surface area contributed by atoms with Crippen molar-refractivity contribution in [3.63, 3.8) is 0 Å². The zero-order valence-corrected chi connectivity index (χ0v) is 22.5. The third-order valence-electron chi connectivity index (χ3n) is 6.21. The SMILES string of the molecule is Cc1noc(C)c1NC(=O)N(C)C[C@H]1Oc2ncc(C#CCN(C)C)cc2C(=O)N([C@H](C)CO)C[C@H]1C. The maximum Gasteiger partial charge on any atom is 0.321 e. The fraction of sp³-hybridized carbons (Fsp3) is 0.538. The van der Waals surface area contributed by atoms with E-state index in [-0.39, 0.29) is 42.5 Å². The van der Waals surface area contributed by atoms with Crippen LogP contribution in [0.4, 0.5) is 10.5 Å². The molecule has 37 heavy (non-hydrogen) atoms. The topological polar surface area (TPSA) is 124 Å². The molecule has 3 heterocycles. The van der Waals surface area contributed by atoms with E-state index in [0.717, 1.165) is 0 Å². The summed E-state index contributed by atoms with van der Waals surface area (Å²) in [6, 6.07) is 0.917. The molecule has 1 aliphatic rings. The Labute approximate surface area is 217 Å². The van der Waals surface area contributed by atoms with E-state index >= 15 is 0 Å². The molecule has 2 N–H and O–H groups in total. The molecule has 3 amide bonds. The predicted molar refractivity (Wildman–Crippen MR) is 138 cm³/mol. The lowest BCUT2D eigenvalue weighted by Gasteiger charge is -2.37. The van der Waals surface area contributed by atoms with Gasteiger partial charge in [-0.05, 0) is 40.9 Å². The number of aryl methyl sites for hydroxylation is 2. The van der Waals surface area contributed by atoms with Gasteiger partial charge in [-0.15, -0.1) is 0 Å². The average Bonchev–Trinajstić information content (AvgIpc) is 3.17. The number of carbonyl (C=O) groups is 2. The number of aliphatic hydroxyl groups excluding tert-OH is 1. The molecule has 0 saturated carbocycles. The number of amides is 3. The van der Waals surface area contributed by atoms with Crippen LogP contribution in [-0.4, -0.2) is 101 Å². The van der Waals surface area contributed by atoms with E-state index < -0.39 is 12.1 Å². The van der Waals surface area contributed by atoms with Crippen LogP contribution in [0.1, 0.15) is 41.2 Å². The van der Waals surface area contributed by atoms with Gasteiger partial charge in [-0.1, -0.05) is 23.9 Å². The van der Waals surface area contributed by atoms with Crippen LogP contribution in [0.15, 0.2) is 16.8 Å². The number of urea groups is 1. The maximum absolute atomic E-state index is 13.5. The standard InChI is InChI=1S/C26H36N6O5/c1-16-13-32(17(2)15-33)25(34)21-11-20(9-8-10-30(5)6)12-27-24(21)36-22(16)14-31(7)26(35)28-23-18(3)29-37-19(23)4/h11-12,16-17,22,33H,10,13-15H2,1-7H3,(H,28,35)/t16-,17-,22-/m1/s1. The normalized spacial score (nSPS) is 18.2. The van der Waals surface area contributed by atoms with E-state index in [2.05, 4.69) is 27.3 Å². The lowest BCUT2D eigenvalue weighted by atomic mass is 10.00. The highest BCUT2D eigenvalue weighted by Crippen LogP contribution is 2.27. The zero-order valence-electron chi connectivity index (χ0n) is 22.5. The number of nitrogens with zero attached hydrogens (tertiary/aromatic N) is 5. The van der Waals surface area contributed by atoms with E-state index in [1.54, 1.807) is 45.0 Å². The van der Waals surface area contributed by atoms with Gasteiger partial charge in [0.05, 0.1) is 25.7 Å². The first-order chi connectivity index (χ1) is 17.5. The van der Waals surface area contributed by atoms with Crippen molar-refractivity contribution in [1.82, 2.24) is 24.8 Å². The van der Waals surface area contributed by atoms with Gasteiger partial charge in [0.15, 0.2) is 5.76 Å².